The van der Waals surface area contributed by atoms with Crippen LogP contribution in [0.15, 0.2) is 0 Å². The molecule has 0 amide bonds. The predicted octanol–water partition coefficient (Wildman–Crippen LogP) is 4.49. The number of hydrogen-bond donors (Lipinski definition) is 0. The van der Waals surface area contributed by atoms with Gasteiger partial charge in [-0.2, -0.15) is 0 Å². The van der Waals surface area contributed by atoms with Crippen LogP contribution in [0.4, 0.5) is 0 Å². The minimum atomic E-state index is 0.587. The van der Waals surface area contributed by atoms with Gasteiger partial charge in [0.25, 0.3) is 0 Å². The zero-order chi connectivity index (χ0) is 10.1. The van der Waals surface area contributed by atoms with Crippen molar-refractivity contribution >= 4 is 0 Å². The van der Waals surface area contributed by atoms with Crippen LogP contribution in [0.5, 0.6) is 0 Å². The maximum Gasteiger partial charge on any atom is -0.0326 e. The first-order valence-electron chi connectivity index (χ1n) is 5.99. The smallest absolute Gasteiger partial charge is 0.0326 e. The summed E-state index contributed by atoms with van der Waals surface area (Å²) in [6.07, 6.45) is 5.71. The van der Waals surface area contributed by atoms with Gasteiger partial charge in [-0.15, -0.1) is 0 Å². The fourth-order valence-corrected chi connectivity index (χ4v) is 2.95. The quantitative estimate of drug-likeness (QED) is 0.590. The van der Waals surface area contributed by atoms with Gasteiger partial charge < -0.3 is 0 Å². The van der Waals surface area contributed by atoms with Crippen LogP contribution in [0.3, 0.4) is 0 Å². The van der Waals surface area contributed by atoms with E-state index in [1.807, 2.05) is 0 Å². The molecule has 1 saturated carbocycles. The molecule has 1 fully saturated rings. The van der Waals surface area contributed by atoms with Crippen molar-refractivity contribution in [2.45, 2.75) is 60.3 Å². The molecule has 0 bridgehead atoms. The van der Waals surface area contributed by atoms with Gasteiger partial charge in [-0.3, -0.25) is 0 Å². The van der Waals surface area contributed by atoms with Crippen molar-refractivity contribution < 1.29 is 0 Å². The standard InChI is InChI=1S/C13H26/c1-6-7-12-8-9-13(4,5)11(3)10(12)2/h10-12H,6-9H2,1-5H3. The van der Waals surface area contributed by atoms with Crippen LogP contribution in [0, 0.1) is 23.2 Å². The van der Waals surface area contributed by atoms with Gasteiger partial charge in [0.15, 0.2) is 0 Å². The summed E-state index contributed by atoms with van der Waals surface area (Å²) in [6.45, 7) is 12.1. The van der Waals surface area contributed by atoms with E-state index in [4.69, 9.17) is 0 Å². The Morgan fingerprint density at radius 3 is 2.38 bits per heavy atom. The lowest BCUT2D eigenvalue weighted by Crippen LogP contribution is -2.36. The second-order valence-corrected chi connectivity index (χ2v) is 5.72. The first-order valence-corrected chi connectivity index (χ1v) is 5.99. The molecule has 1 rings (SSSR count). The van der Waals surface area contributed by atoms with E-state index >= 15 is 0 Å². The van der Waals surface area contributed by atoms with E-state index in [2.05, 4.69) is 34.6 Å². The molecule has 0 N–H and O–H groups in total. The Labute approximate surface area is 84.1 Å². The van der Waals surface area contributed by atoms with E-state index in [1.165, 1.54) is 25.7 Å². The zero-order valence-electron chi connectivity index (χ0n) is 10.1. The van der Waals surface area contributed by atoms with Gasteiger partial charge in [0.1, 0.15) is 0 Å². The van der Waals surface area contributed by atoms with Crippen molar-refractivity contribution in [1.82, 2.24) is 0 Å². The molecular formula is C13H26. The topological polar surface area (TPSA) is 0 Å². The Morgan fingerprint density at radius 1 is 1.23 bits per heavy atom. The average Bonchev–Trinajstić information content (AvgIpc) is 2.07. The molecule has 0 heteroatoms. The highest BCUT2D eigenvalue weighted by atomic mass is 14.4. The third-order valence-corrected chi connectivity index (χ3v) is 4.58. The second kappa shape index (κ2) is 4.02. The molecule has 1 aliphatic rings. The molecule has 0 saturated heterocycles. The highest BCUT2D eigenvalue weighted by Crippen LogP contribution is 2.47. The first kappa shape index (κ1) is 11.1. The van der Waals surface area contributed by atoms with Crippen molar-refractivity contribution in [2.75, 3.05) is 0 Å². The van der Waals surface area contributed by atoms with Crippen molar-refractivity contribution in [3.05, 3.63) is 0 Å². The van der Waals surface area contributed by atoms with Crippen LogP contribution in [0.25, 0.3) is 0 Å². The summed E-state index contributed by atoms with van der Waals surface area (Å²) in [5.74, 6) is 2.84. The molecule has 0 aromatic rings. The van der Waals surface area contributed by atoms with Gasteiger partial charge in [0, 0.05) is 0 Å². The molecule has 0 radical (unpaired) electrons. The maximum absolute atomic E-state index is 2.46. The fraction of sp³-hybridized carbons (Fsp3) is 1.00. The molecule has 0 aromatic carbocycles. The monoisotopic (exact) mass is 182 g/mol. The Balaban J connectivity index is 2.59. The van der Waals surface area contributed by atoms with Crippen LogP contribution in [0.2, 0.25) is 0 Å². The molecule has 0 aromatic heterocycles. The normalized spacial score (nSPS) is 39.0. The third-order valence-electron chi connectivity index (χ3n) is 4.58. The van der Waals surface area contributed by atoms with Crippen LogP contribution in [-0.2, 0) is 0 Å². The van der Waals surface area contributed by atoms with Crippen LogP contribution in [0.1, 0.15) is 60.3 Å². The van der Waals surface area contributed by atoms with E-state index in [0.29, 0.717) is 5.41 Å². The Bertz CT molecular complexity index is 157. The van der Waals surface area contributed by atoms with Crippen LogP contribution < -0.4 is 0 Å². The molecule has 0 spiro atoms. The Kier molecular flexibility index (Phi) is 3.43. The lowest BCUT2D eigenvalue weighted by molar-refractivity contribution is 0.0468. The molecule has 1 aliphatic carbocycles. The summed E-state index contributed by atoms with van der Waals surface area (Å²) in [5, 5.41) is 0. The summed E-state index contributed by atoms with van der Waals surface area (Å²) in [4.78, 5) is 0. The third kappa shape index (κ3) is 2.27. The van der Waals surface area contributed by atoms with Crippen molar-refractivity contribution in [2.24, 2.45) is 23.2 Å². The molecular weight excluding hydrogens is 156 g/mol. The average molecular weight is 182 g/mol. The van der Waals surface area contributed by atoms with Crippen molar-refractivity contribution in [3.8, 4) is 0 Å². The van der Waals surface area contributed by atoms with Gasteiger partial charge in [-0.1, -0.05) is 47.5 Å². The lowest BCUT2D eigenvalue weighted by atomic mass is 9.60. The van der Waals surface area contributed by atoms with Crippen molar-refractivity contribution in [3.63, 3.8) is 0 Å². The largest absolute Gasteiger partial charge is 0.0654 e. The Morgan fingerprint density at radius 2 is 1.85 bits per heavy atom. The molecule has 3 unspecified atom stereocenters. The first-order chi connectivity index (χ1) is 5.99. The molecule has 0 aliphatic heterocycles. The van der Waals surface area contributed by atoms with E-state index in [9.17, 15) is 0 Å². The second-order valence-electron chi connectivity index (χ2n) is 5.72. The van der Waals surface area contributed by atoms with E-state index in [1.54, 1.807) is 0 Å². The van der Waals surface area contributed by atoms with E-state index < -0.39 is 0 Å². The highest BCUT2D eigenvalue weighted by molar-refractivity contribution is 4.87. The minimum absolute atomic E-state index is 0.587. The SMILES string of the molecule is CCCC1CCC(C)(C)C(C)C1C. The van der Waals surface area contributed by atoms with Crippen LogP contribution >= 0.6 is 0 Å². The van der Waals surface area contributed by atoms with Gasteiger partial charge in [-0.05, 0) is 36.0 Å². The summed E-state index contributed by atoms with van der Waals surface area (Å²) in [5.41, 5.74) is 0.587. The van der Waals surface area contributed by atoms with Crippen molar-refractivity contribution in [1.29, 1.82) is 0 Å². The zero-order valence-corrected chi connectivity index (χ0v) is 10.1. The summed E-state index contributed by atoms with van der Waals surface area (Å²) < 4.78 is 0. The summed E-state index contributed by atoms with van der Waals surface area (Å²) >= 11 is 0. The molecule has 0 nitrogen and oxygen atoms in total. The van der Waals surface area contributed by atoms with Gasteiger partial charge in [0.05, 0.1) is 0 Å². The van der Waals surface area contributed by atoms with E-state index in [-0.39, 0.29) is 0 Å². The lowest BCUT2D eigenvalue weighted by Gasteiger charge is -2.45. The molecule has 78 valence electrons. The molecule has 0 heterocycles. The van der Waals surface area contributed by atoms with Gasteiger partial charge >= 0.3 is 0 Å². The fourth-order valence-electron chi connectivity index (χ4n) is 2.95. The highest BCUT2D eigenvalue weighted by Gasteiger charge is 2.38. The maximum atomic E-state index is 2.46. The minimum Gasteiger partial charge on any atom is -0.0654 e. The summed E-state index contributed by atoms with van der Waals surface area (Å²) in [7, 11) is 0. The summed E-state index contributed by atoms with van der Waals surface area (Å²) in [6, 6.07) is 0. The van der Waals surface area contributed by atoms with Gasteiger partial charge in [-0.25, -0.2) is 0 Å². The van der Waals surface area contributed by atoms with Crippen LogP contribution in [-0.4, -0.2) is 0 Å². The van der Waals surface area contributed by atoms with E-state index in [0.717, 1.165) is 17.8 Å². The molecule has 3 atom stereocenters. The predicted molar refractivity (Wildman–Crippen MR) is 59.7 cm³/mol. The number of hydrogen-bond acceptors (Lipinski definition) is 0. The number of rotatable bonds is 2. The Hall–Kier alpha value is 0. The van der Waals surface area contributed by atoms with Gasteiger partial charge in [0.2, 0.25) is 0 Å². The molecule has 13 heavy (non-hydrogen) atoms.